The standard InChI is InChI=1S/C17H23BClNO3S/c1-16(2)17(3,4)23-18(22-16)13(11-24)9-12-5-7-14(8-6-12)20-15(21)10-19/h5-9,24H,10-11H2,1-4H3,(H,20,21). The van der Waals surface area contributed by atoms with Crippen LogP contribution < -0.4 is 5.32 Å². The Morgan fingerprint density at radius 2 is 1.75 bits per heavy atom. The molecule has 0 spiro atoms. The summed E-state index contributed by atoms with van der Waals surface area (Å²) in [7, 11) is -0.414. The smallest absolute Gasteiger partial charge is 0.400 e. The lowest BCUT2D eigenvalue weighted by atomic mass is 9.78. The number of thiol groups is 1. The van der Waals surface area contributed by atoms with Crippen LogP contribution in [0.15, 0.2) is 29.7 Å². The number of carbonyl (C=O) groups excluding carboxylic acids is 1. The summed E-state index contributed by atoms with van der Waals surface area (Å²) in [5, 5.41) is 2.71. The molecule has 0 aromatic heterocycles. The van der Waals surface area contributed by atoms with Gasteiger partial charge >= 0.3 is 7.12 Å². The molecule has 0 aliphatic carbocycles. The van der Waals surface area contributed by atoms with Crippen LogP contribution in [0.2, 0.25) is 0 Å². The molecule has 1 aromatic carbocycles. The number of amides is 1. The van der Waals surface area contributed by atoms with Gasteiger partial charge in [-0.15, -0.1) is 11.6 Å². The zero-order valence-corrected chi connectivity index (χ0v) is 16.1. The summed E-state index contributed by atoms with van der Waals surface area (Å²) in [4.78, 5) is 11.3. The molecule has 1 aliphatic rings. The van der Waals surface area contributed by atoms with E-state index in [1.807, 2.05) is 58.0 Å². The van der Waals surface area contributed by atoms with Gasteiger partial charge in [-0.25, -0.2) is 0 Å². The maximum atomic E-state index is 11.3. The Kier molecular flexibility index (Phi) is 6.07. The zero-order valence-electron chi connectivity index (χ0n) is 14.4. The van der Waals surface area contributed by atoms with Crippen molar-refractivity contribution >= 4 is 49.0 Å². The van der Waals surface area contributed by atoms with Crippen molar-refractivity contribution in [3.05, 3.63) is 35.3 Å². The van der Waals surface area contributed by atoms with Gasteiger partial charge in [0.05, 0.1) is 11.2 Å². The zero-order chi connectivity index (χ0) is 18.0. The summed E-state index contributed by atoms with van der Waals surface area (Å²) in [6.07, 6.45) is 2.00. The number of alkyl halides is 1. The molecule has 1 N–H and O–H groups in total. The van der Waals surface area contributed by atoms with Crippen molar-refractivity contribution in [2.75, 3.05) is 16.9 Å². The number of hydrogen-bond donors (Lipinski definition) is 2. The Bertz CT molecular complexity index is 615. The Morgan fingerprint density at radius 1 is 1.21 bits per heavy atom. The summed E-state index contributed by atoms with van der Waals surface area (Å²) in [5.74, 6) is 0.239. The van der Waals surface area contributed by atoms with Crippen LogP contribution in [-0.2, 0) is 14.1 Å². The average Bonchev–Trinajstić information content (AvgIpc) is 2.74. The van der Waals surface area contributed by atoms with Crippen molar-refractivity contribution in [2.24, 2.45) is 0 Å². The third-order valence-corrected chi connectivity index (χ3v) is 5.01. The molecule has 0 unspecified atom stereocenters. The molecule has 1 aromatic rings. The summed E-state index contributed by atoms with van der Waals surface area (Å²) < 4.78 is 12.1. The molecule has 0 atom stereocenters. The van der Waals surface area contributed by atoms with Crippen LogP contribution in [0.25, 0.3) is 6.08 Å². The summed E-state index contributed by atoms with van der Waals surface area (Å²) in [5.41, 5.74) is 1.89. The summed E-state index contributed by atoms with van der Waals surface area (Å²) in [6.45, 7) is 8.10. The van der Waals surface area contributed by atoms with Gasteiger partial charge in [-0.05, 0) is 50.9 Å². The Morgan fingerprint density at radius 3 is 2.21 bits per heavy atom. The molecule has 130 valence electrons. The molecule has 1 fully saturated rings. The van der Waals surface area contributed by atoms with Gasteiger partial charge in [-0.2, -0.15) is 12.6 Å². The monoisotopic (exact) mass is 367 g/mol. The van der Waals surface area contributed by atoms with Gasteiger partial charge < -0.3 is 14.6 Å². The quantitative estimate of drug-likeness (QED) is 0.472. The molecule has 0 saturated carbocycles. The van der Waals surface area contributed by atoms with E-state index < -0.39 is 7.12 Å². The van der Waals surface area contributed by atoms with Crippen LogP contribution in [0.3, 0.4) is 0 Å². The molecule has 7 heteroatoms. The lowest BCUT2D eigenvalue weighted by Crippen LogP contribution is -2.41. The van der Waals surface area contributed by atoms with Gasteiger partial charge in [0.15, 0.2) is 0 Å². The lowest BCUT2D eigenvalue weighted by molar-refractivity contribution is -0.113. The van der Waals surface area contributed by atoms with E-state index in [-0.39, 0.29) is 23.0 Å². The van der Waals surface area contributed by atoms with Gasteiger partial charge in [-0.3, -0.25) is 4.79 Å². The molecular weight excluding hydrogens is 345 g/mol. The number of halogens is 1. The predicted molar refractivity (Wildman–Crippen MR) is 104 cm³/mol. The highest BCUT2D eigenvalue weighted by atomic mass is 35.5. The van der Waals surface area contributed by atoms with Crippen LogP contribution in [0.5, 0.6) is 0 Å². The van der Waals surface area contributed by atoms with Crippen LogP contribution in [0, 0.1) is 0 Å². The second kappa shape index (κ2) is 7.52. The number of benzene rings is 1. The predicted octanol–water partition coefficient (Wildman–Crippen LogP) is 3.81. The number of nitrogens with one attached hydrogen (secondary N) is 1. The largest absolute Gasteiger partial charge is 0.491 e. The topological polar surface area (TPSA) is 47.6 Å². The molecular formula is C17H23BClNO3S. The first-order chi connectivity index (χ1) is 11.2. The van der Waals surface area contributed by atoms with Crippen molar-refractivity contribution < 1.29 is 14.1 Å². The van der Waals surface area contributed by atoms with Gasteiger partial charge in [0.2, 0.25) is 5.91 Å². The summed E-state index contributed by atoms with van der Waals surface area (Å²) in [6, 6.07) is 7.49. The number of hydrogen-bond acceptors (Lipinski definition) is 4. The Hall–Kier alpha value is -0.945. The van der Waals surface area contributed by atoms with Crippen LogP contribution in [0.4, 0.5) is 5.69 Å². The van der Waals surface area contributed by atoms with Crippen molar-refractivity contribution in [1.29, 1.82) is 0 Å². The van der Waals surface area contributed by atoms with E-state index in [9.17, 15) is 4.79 Å². The van der Waals surface area contributed by atoms with Crippen molar-refractivity contribution in [3.8, 4) is 0 Å². The fourth-order valence-electron chi connectivity index (χ4n) is 2.25. The molecule has 1 amide bonds. The maximum Gasteiger partial charge on any atom is 0.491 e. The van der Waals surface area contributed by atoms with E-state index >= 15 is 0 Å². The third kappa shape index (κ3) is 4.36. The Balaban J connectivity index is 2.15. The molecule has 1 heterocycles. The van der Waals surface area contributed by atoms with Gasteiger partial charge in [0, 0.05) is 11.4 Å². The minimum Gasteiger partial charge on any atom is -0.400 e. The average molecular weight is 368 g/mol. The van der Waals surface area contributed by atoms with E-state index in [1.54, 1.807) is 0 Å². The van der Waals surface area contributed by atoms with Crippen LogP contribution >= 0.6 is 24.2 Å². The molecule has 24 heavy (non-hydrogen) atoms. The van der Waals surface area contributed by atoms with E-state index in [4.69, 9.17) is 20.9 Å². The maximum absolute atomic E-state index is 11.3. The van der Waals surface area contributed by atoms with Gasteiger partial charge in [-0.1, -0.05) is 18.2 Å². The number of carbonyl (C=O) groups is 1. The highest BCUT2D eigenvalue weighted by Crippen LogP contribution is 2.39. The second-order valence-electron chi connectivity index (χ2n) is 6.77. The first kappa shape index (κ1) is 19.4. The number of rotatable bonds is 5. The van der Waals surface area contributed by atoms with Crippen molar-refractivity contribution in [2.45, 2.75) is 38.9 Å². The van der Waals surface area contributed by atoms with Crippen LogP contribution in [-0.4, -0.2) is 35.9 Å². The molecule has 0 radical (unpaired) electrons. The molecule has 2 rings (SSSR count). The first-order valence-electron chi connectivity index (χ1n) is 7.81. The van der Waals surface area contributed by atoms with Crippen LogP contribution in [0.1, 0.15) is 33.3 Å². The van der Waals surface area contributed by atoms with E-state index in [1.165, 1.54) is 0 Å². The molecule has 0 bridgehead atoms. The fourth-order valence-corrected chi connectivity index (χ4v) is 2.56. The first-order valence-corrected chi connectivity index (χ1v) is 8.98. The fraction of sp³-hybridized carbons (Fsp3) is 0.471. The normalized spacial score (nSPS) is 19.4. The molecule has 1 aliphatic heterocycles. The van der Waals surface area contributed by atoms with Gasteiger partial charge in [0.1, 0.15) is 5.88 Å². The minimum absolute atomic E-state index is 0.0621. The second-order valence-corrected chi connectivity index (χ2v) is 7.35. The third-order valence-electron chi connectivity index (χ3n) is 4.41. The molecule has 1 saturated heterocycles. The van der Waals surface area contributed by atoms with Crippen molar-refractivity contribution in [1.82, 2.24) is 0 Å². The van der Waals surface area contributed by atoms with E-state index in [0.717, 1.165) is 11.0 Å². The number of anilines is 1. The lowest BCUT2D eigenvalue weighted by Gasteiger charge is -2.32. The van der Waals surface area contributed by atoms with Gasteiger partial charge in [0.25, 0.3) is 0 Å². The van der Waals surface area contributed by atoms with Crippen molar-refractivity contribution in [3.63, 3.8) is 0 Å². The molecule has 4 nitrogen and oxygen atoms in total. The SMILES string of the molecule is CC1(C)OB(C(=Cc2ccc(NC(=O)CCl)cc2)CS)OC1(C)C. The highest BCUT2D eigenvalue weighted by Gasteiger charge is 2.52. The highest BCUT2D eigenvalue weighted by molar-refractivity contribution is 7.80. The minimum atomic E-state index is -0.414. The van der Waals surface area contributed by atoms with E-state index in [2.05, 4.69) is 17.9 Å². The Labute approximate surface area is 154 Å². The van der Waals surface area contributed by atoms with E-state index in [0.29, 0.717) is 11.4 Å². The summed E-state index contributed by atoms with van der Waals surface area (Å²) >= 11 is 9.89.